The topological polar surface area (TPSA) is 62.7 Å². The lowest BCUT2D eigenvalue weighted by molar-refractivity contribution is -0.153. The van der Waals surface area contributed by atoms with Gasteiger partial charge in [-0.1, -0.05) is 38.5 Å². The van der Waals surface area contributed by atoms with Gasteiger partial charge in [0, 0.05) is 44.7 Å². The zero-order valence-electron chi connectivity index (χ0n) is 24.4. The van der Waals surface area contributed by atoms with E-state index in [1.165, 1.54) is 24.8 Å². The molecule has 39 heavy (non-hydrogen) atoms. The van der Waals surface area contributed by atoms with Gasteiger partial charge in [0.15, 0.2) is 0 Å². The van der Waals surface area contributed by atoms with Crippen LogP contribution in [0, 0.1) is 40.4 Å². The number of aromatic nitrogens is 1. The van der Waals surface area contributed by atoms with Gasteiger partial charge in [0.2, 0.25) is 0 Å². The van der Waals surface area contributed by atoms with E-state index in [-0.39, 0.29) is 28.8 Å². The maximum atomic E-state index is 12.9. The van der Waals surface area contributed by atoms with Crippen LogP contribution in [0.4, 0.5) is 5.82 Å². The summed E-state index contributed by atoms with van der Waals surface area (Å²) in [5.74, 6) is 4.11. The Morgan fingerprint density at radius 3 is 2.59 bits per heavy atom. The van der Waals surface area contributed by atoms with Crippen LogP contribution in [-0.2, 0) is 14.3 Å². The highest BCUT2D eigenvalue weighted by atomic mass is 16.5. The molecular formula is C33H47N3O3. The fourth-order valence-corrected chi connectivity index (χ4v) is 10.0. The number of rotatable bonds is 5. The number of allylic oxidation sites excluding steroid dienone is 1. The van der Waals surface area contributed by atoms with Gasteiger partial charge < -0.3 is 9.64 Å². The Balaban J connectivity index is 1.05. The molecule has 1 saturated heterocycles. The first-order valence-electron chi connectivity index (χ1n) is 15.5. The van der Waals surface area contributed by atoms with Gasteiger partial charge in [0.1, 0.15) is 17.7 Å². The number of carbonyl (C=O) groups excluding carboxylic acids is 2. The van der Waals surface area contributed by atoms with Crippen molar-refractivity contribution in [3.63, 3.8) is 0 Å². The summed E-state index contributed by atoms with van der Waals surface area (Å²) in [7, 11) is 0. The molecule has 0 aromatic carbocycles. The molecule has 1 unspecified atom stereocenters. The molecule has 3 saturated carbocycles. The van der Waals surface area contributed by atoms with Crippen molar-refractivity contribution in [2.75, 3.05) is 37.6 Å². The van der Waals surface area contributed by atoms with Crippen molar-refractivity contribution in [2.24, 2.45) is 40.4 Å². The molecule has 212 valence electrons. The van der Waals surface area contributed by atoms with Crippen LogP contribution in [0.25, 0.3) is 0 Å². The molecule has 0 bridgehead atoms. The molecule has 0 N–H and O–H groups in total. The highest BCUT2D eigenvalue weighted by Gasteiger charge is 2.61. The molecule has 0 amide bonds. The first-order chi connectivity index (χ1) is 18.7. The number of fused-ring (bicyclic) bond motifs is 5. The van der Waals surface area contributed by atoms with Crippen molar-refractivity contribution < 1.29 is 14.3 Å². The summed E-state index contributed by atoms with van der Waals surface area (Å²) in [6.07, 6.45) is 12.1. The molecule has 8 atom stereocenters. The summed E-state index contributed by atoms with van der Waals surface area (Å²) in [6, 6.07) is 6.01. The molecule has 1 aromatic rings. The molecule has 6 nitrogen and oxygen atoms in total. The van der Waals surface area contributed by atoms with Crippen molar-refractivity contribution in [1.29, 1.82) is 0 Å². The predicted octanol–water partition coefficient (Wildman–Crippen LogP) is 5.53. The molecule has 5 aliphatic rings. The Labute approximate surface area is 234 Å². The van der Waals surface area contributed by atoms with Crippen LogP contribution in [0.2, 0.25) is 0 Å². The highest BCUT2D eigenvalue weighted by molar-refractivity contribution is 5.80. The second-order valence-corrected chi connectivity index (χ2v) is 13.9. The van der Waals surface area contributed by atoms with Gasteiger partial charge in [-0.25, -0.2) is 4.98 Å². The van der Waals surface area contributed by atoms with Crippen molar-refractivity contribution in [2.45, 2.75) is 78.7 Å². The number of esters is 1. The molecule has 0 spiro atoms. The van der Waals surface area contributed by atoms with Gasteiger partial charge in [-0.15, -0.1) is 0 Å². The van der Waals surface area contributed by atoms with Gasteiger partial charge in [0.05, 0.1) is 6.54 Å². The Kier molecular flexibility index (Phi) is 7.14. The van der Waals surface area contributed by atoms with Crippen LogP contribution in [-0.4, -0.2) is 60.5 Å². The summed E-state index contributed by atoms with van der Waals surface area (Å²) in [5.41, 5.74) is 1.92. The molecule has 6 heteroatoms. The van der Waals surface area contributed by atoms with E-state index in [4.69, 9.17) is 4.74 Å². The van der Waals surface area contributed by atoms with Gasteiger partial charge in [-0.3, -0.25) is 14.5 Å². The summed E-state index contributed by atoms with van der Waals surface area (Å²) in [6.45, 7) is 12.9. The van der Waals surface area contributed by atoms with E-state index in [1.807, 2.05) is 31.3 Å². The minimum Gasteiger partial charge on any atom is -0.461 e. The number of nitrogens with zero attached hydrogens (tertiary/aromatic N) is 3. The average molecular weight is 534 g/mol. The van der Waals surface area contributed by atoms with E-state index in [1.54, 1.807) is 0 Å². The van der Waals surface area contributed by atoms with Crippen LogP contribution in [0.3, 0.4) is 0 Å². The fourth-order valence-electron chi connectivity index (χ4n) is 10.0. The third-order valence-electron chi connectivity index (χ3n) is 11.8. The van der Waals surface area contributed by atoms with E-state index < -0.39 is 0 Å². The van der Waals surface area contributed by atoms with Crippen LogP contribution >= 0.6 is 0 Å². The molecule has 6 rings (SSSR count). The SMILES string of the molecule is CC(=O)[C@H]1[C@H](C)C[C@H]2[C@@H]3CC=C4CC(OC(=O)CN5CCN(c6ccccn6)CC5)CC[C@]4(C)[C@H]3CC[C@@]21C. The zero-order chi connectivity index (χ0) is 27.4. The Morgan fingerprint density at radius 1 is 1.08 bits per heavy atom. The quantitative estimate of drug-likeness (QED) is 0.366. The maximum Gasteiger partial charge on any atom is 0.320 e. The fraction of sp³-hybridized carbons (Fsp3) is 0.727. The predicted molar refractivity (Wildman–Crippen MR) is 153 cm³/mol. The Bertz CT molecular complexity index is 1110. The summed E-state index contributed by atoms with van der Waals surface area (Å²) < 4.78 is 6.09. The number of carbonyl (C=O) groups is 2. The lowest BCUT2D eigenvalue weighted by Gasteiger charge is -2.58. The molecule has 2 heterocycles. The number of pyridine rings is 1. The molecule has 4 aliphatic carbocycles. The summed E-state index contributed by atoms with van der Waals surface area (Å²) >= 11 is 0. The first-order valence-corrected chi connectivity index (χ1v) is 15.5. The normalized spacial score (nSPS) is 40.2. The van der Waals surface area contributed by atoms with Crippen LogP contribution in [0.15, 0.2) is 36.0 Å². The van der Waals surface area contributed by atoms with Gasteiger partial charge in [0.25, 0.3) is 0 Å². The number of ketones is 1. The molecule has 0 radical (unpaired) electrons. The maximum absolute atomic E-state index is 12.9. The summed E-state index contributed by atoms with van der Waals surface area (Å²) in [4.78, 5) is 34.5. The number of hydrogen-bond acceptors (Lipinski definition) is 6. The molecule has 1 aromatic heterocycles. The Hall–Kier alpha value is -2.21. The molecule has 1 aliphatic heterocycles. The first kappa shape index (κ1) is 27.0. The van der Waals surface area contributed by atoms with Crippen molar-refractivity contribution in [3.05, 3.63) is 36.0 Å². The number of piperazine rings is 1. The third kappa shape index (κ3) is 4.75. The van der Waals surface area contributed by atoms with E-state index >= 15 is 0 Å². The smallest absolute Gasteiger partial charge is 0.320 e. The number of hydrogen-bond donors (Lipinski definition) is 0. The van der Waals surface area contributed by atoms with Crippen LogP contribution in [0.1, 0.15) is 72.6 Å². The Morgan fingerprint density at radius 2 is 1.87 bits per heavy atom. The zero-order valence-corrected chi connectivity index (χ0v) is 24.4. The second-order valence-electron chi connectivity index (χ2n) is 13.9. The number of anilines is 1. The number of Topliss-reactive ketones (excluding diaryl/α,β-unsaturated/α-hetero) is 1. The second kappa shape index (κ2) is 10.3. The van der Waals surface area contributed by atoms with Crippen molar-refractivity contribution >= 4 is 17.6 Å². The monoisotopic (exact) mass is 533 g/mol. The molecular weight excluding hydrogens is 486 g/mol. The van der Waals surface area contributed by atoms with Gasteiger partial charge in [-0.2, -0.15) is 0 Å². The lowest BCUT2D eigenvalue weighted by atomic mass is 9.47. The minimum atomic E-state index is -0.0761. The largest absolute Gasteiger partial charge is 0.461 e. The van der Waals surface area contributed by atoms with E-state index in [9.17, 15) is 9.59 Å². The lowest BCUT2D eigenvalue weighted by Crippen LogP contribution is -2.51. The van der Waals surface area contributed by atoms with Crippen LogP contribution < -0.4 is 4.90 Å². The number of ether oxygens (including phenoxy) is 1. The van der Waals surface area contributed by atoms with E-state index in [0.29, 0.717) is 36.0 Å². The van der Waals surface area contributed by atoms with Crippen LogP contribution in [0.5, 0.6) is 0 Å². The standard InChI is InChI=1S/C33H47N3O3/c1-22-19-28-26-9-8-24-20-25(10-12-32(24,3)27(26)11-13-33(28,4)31(22)23(2)37)39-30(38)21-35-15-17-36(18-16-35)29-7-5-6-14-34-29/h5-8,14,22,25-28,31H,9-13,15-21H2,1-4H3/t22-,25?,26-,27+,28+,31-,32+,33+/m1/s1. The van der Waals surface area contributed by atoms with Gasteiger partial charge >= 0.3 is 5.97 Å². The van der Waals surface area contributed by atoms with Crippen molar-refractivity contribution in [3.8, 4) is 0 Å². The van der Waals surface area contributed by atoms with E-state index in [2.05, 4.69) is 41.6 Å². The average Bonchev–Trinajstić information content (AvgIpc) is 3.20. The third-order valence-corrected chi connectivity index (χ3v) is 11.8. The van der Waals surface area contributed by atoms with E-state index in [0.717, 1.165) is 57.7 Å². The molecule has 4 fully saturated rings. The summed E-state index contributed by atoms with van der Waals surface area (Å²) in [5, 5.41) is 0. The minimum absolute atomic E-state index is 0.00522. The van der Waals surface area contributed by atoms with Crippen molar-refractivity contribution in [1.82, 2.24) is 9.88 Å². The highest BCUT2D eigenvalue weighted by Crippen LogP contribution is 2.67. The van der Waals surface area contributed by atoms with Gasteiger partial charge in [-0.05, 0) is 92.1 Å².